The van der Waals surface area contributed by atoms with E-state index in [0.717, 1.165) is 32.7 Å². The highest BCUT2D eigenvalue weighted by Crippen LogP contribution is 2.48. The van der Waals surface area contributed by atoms with E-state index >= 15 is 0 Å². The van der Waals surface area contributed by atoms with Crippen LogP contribution in [0.3, 0.4) is 0 Å². The molecule has 0 bridgehead atoms. The molecule has 0 aromatic carbocycles. The number of ether oxygens (including phenoxy) is 1. The molecule has 0 unspecified atom stereocenters. The van der Waals surface area contributed by atoms with E-state index < -0.39 is 0 Å². The Hall–Kier alpha value is -0.570. The van der Waals surface area contributed by atoms with Crippen LogP contribution < -0.4 is 16.0 Å². The van der Waals surface area contributed by atoms with Crippen LogP contribution >= 0.6 is 24.0 Å². The minimum Gasteiger partial charge on any atom is -0.382 e. The van der Waals surface area contributed by atoms with Gasteiger partial charge in [-0.2, -0.15) is 0 Å². The van der Waals surface area contributed by atoms with Gasteiger partial charge in [-0.3, -0.25) is 4.79 Å². The Kier molecular flexibility index (Phi) is 10.9. The lowest BCUT2D eigenvalue weighted by molar-refractivity contribution is -0.121. The Labute approximate surface area is 164 Å². The number of hydrogen-bond acceptors (Lipinski definition) is 3. The molecule has 24 heavy (non-hydrogen) atoms. The Morgan fingerprint density at radius 1 is 1.21 bits per heavy atom. The van der Waals surface area contributed by atoms with Gasteiger partial charge in [-0.25, -0.2) is 4.99 Å². The fourth-order valence-corrected chi connectivity index (χ4v) is 2.35. The van der Waals surface area contributed by atoms with Gasteiger partial charge < -0.3 is 20.7 Å². The zero-order chi connectivity index (χ0) is 17.3. The zero-order valence-electron chi connectivity index (χ0n) is 15.8. The summed E-state index contributed by atoms with van der Waals surface area (Å²) in [6, 6.07) is 0. The molecular weight excluding hydrogens is 419 g/mol. The Morgan fingerprint density at radius 3 is 2.38 bits per heavy atom. The first-order valence-corrected chi connectivity index (χ1v) is 8.71. The van der Waals surface area contributed by atoms with Crippen molar-refractivity contribution in [3.63, 3.8) is 0 Å². The summed E-state index contributed by atoms with van der Waals surface area (Å²) in [6.07, 6.45) is 3.55. The zero-order valence-corrected chi connectivity index (χ0v) is 18.2. The van der Waals surface area contributed by atoms with Crippen LogP contribution in [0.15, 0.2) is 4.99 Å². The lowest BCUT2D eigenvalue weighted by atomic mass is 10.0. The maximum atomic E-state index is 11.9. The molecule has 0 radical (unpaired) electrons. The third kappa shape index (κ3) is 10.3. The van der Waals surface area contributed by atoms with Gasteiger partial charge in [-0.1, -0.05) is 0 Å². The van der Waals surface area contributed by atoms with Crippen molar-refractivity contribution in [2.75, 3.05) is 32.8 Å². The standard InChI is InChI=1S/C17H34N4O2.HI/c1-6-18-15(19-12-14(22)21-16(3,4)5)20-13-17(8-9-17)10-11-23-7-2;/h6-13H2,1-5H3,(H,21,22)(H2,18,19,20);1H. The van der Waals surface area contributed by atoms with Gasteiger partial charge in [0.05, 0.1) is 0 Å². The van der Waals surface area contributed by atoms with E-state index in [1.54, 1.807) is 0 Å². The monoisotopic (exact) mass is 454 g/mol. The molecular formula is C17H35IN4O2. The molecule has 1 fully saturated rings. The van der Waals surface area contributed by atoms with Gasteiger partial charge >= 0.3 is 0 Å². The quantitative estimate of drug-likeness (QED) is 0.216. The van der Waals surface area contributed by atoms with Crippen LogP contribution in [0.5, 0.6) is 0 Å². The van der Waals surface area contributed by atoms with Crippen molar-refractivity contribution in [3.05, 3.63) is 0 Å². The lowest BCUT2D eigenvalue weighted by Gasteiger charge is -2.20. The second-order valence-electron chi connectivity index (χ2n) is 7.29. The molecule has 1 aliphatic rings. The van der Waals surface area contributed by atoms with Crippen molar-refractivity contribution in [2.45, 2.75) is 59.4 Å². The number of amides is 1. The summed E-state index contributed by atoms with van der Waals surface area (Å²) >= 11 is 0. The largest absolute Gasteiger partial charge is 0.382 e. The SMILES string of the molecule is CCNC(=NCC(=O)NC(C)(C)C)NCC1(CCOCC)CC1.I. The van der Waals surface area contributed by atoms with Crippen LogP contribution in [-0.4, -0.2) is 50.3 Å². The van der Waals surface area contributed by atoms with Crippen LogP contribution in [0.2, 0.25) is 0 Å². The normalized spacial score (nSPS) is 16.1. The van der Waals surface area contributed by atoms with Crippen molar-refractivity contribution in [1.29, 1.82) is 0 Å². The number of hydrogen-bond donors (Lipinski definition) is 3. The van der Waals surface area contributed by atoms with Crippen LogP contribution in [0.25, 0.3) is 0 Å². The average molecular weight is 454 g/mol. The first-order chi connectivity index (χ1) is 10.8. The summed E-state index contributed by atoms with van der Waals surface area (Å²) in [6.45, 7) is 13.3. The van der Waals surface area contributed by atoms with Crippen molar-refractivity contribution in [1.82, 2.24) is 16.0 Å². The minimum atomic E-state index is -0.226. The first kappa shape index (κ1) is 23.4. The van der Waals surface area contributed by atoms with Crippen molar-refractivity contribution in [2.24, 2.45) is 10.4 Å². The molecule has 3 N–H and O–H groups in total. The molecule has 0 aromatic heterocycles. The van der Waals surface area contributed by atoms with Gasteiger partial charge in [0.1, 0.15) is 6.54 Å². The van der Waals surface area contributed by atoms with Crippen LogP contribution in [0.4, 0.5) is 0 Å². The van der Waals surface area contributed by atoms with Gasteiger partial charge in [0.25, 0.3) is 0 Å². The van der Waals surface area contributed by atoms with Crippen molar-refractivity contribution >= 4 is 35.8 Å². The highest BCUT2D eigenvalue weighted by Gasteiger charge is 2.41. The fraction of sp³-hybridized carbons (Fsp3) is 0.882. The molecule has 1 aliphatic carbocycles. The number of rotatable bonds is 9. The smallest absolute Gasteiger partial charge is 0.242 e. The third-order valence-electron chi connectivity index (χ3n) is 3.81. The predicted molar refractivity (Wildman–Crippen MR) is 110 cm³/mol. The molecule has 0 aliphatic heterocycles. The molecule has 1 rings (SSSR count). The number of guanidine groups is 1. The van der Waals surface area contributed by atoms with Gasteiger partial charge in [0.15, 0.2) is 5.96 Å². The number of nitrogens with one attached hydrogen (secondary N) is 3. The van der Waals surface area contributed by atoms with Gasteiger partial charge in [0.2, 0.25) is 5.91 Å². The molecule has 1 saturated carbocycles. The molecule has 1 amide bonds. The van der Waals surface area contributed by atoms with E-state index in [1.807, 2.05) is 34.6 Å². The second-order valence-corrected chi connectivity index (χ2v) is 7.29. The summed E-state index contributed by atoms with van der Waals surface area (Å²) in [5, 5.41) is 9.49. The van der Waals surface area contributed by atoms with E-state index in [9.17, 15) is 4.79 Å². The summed E-state index contributed by atoms with van der Waals surface area (Å²) in [4.78, 5) is 16.2. The maximum Gasteiger partial charge on any atom is 0.242 e. The highest BCUT2D eigenvalue weighted by atomic mass is 127. The topological polar surface area (TPSA) is 74.8 Å². The number of nitrogens with zero attached hydrogens (tertiary/aromatic N) is 1. The number of aliphatic imine (C=N–C) groups is 1. The van der Waals surface area contributed by atoms with E-state index in [-0.39, 0.29) is 42.0 Å². The van der Waals surface area contributed by atoms with E-state index in [4.69, 9.17) is 4.74 Å². The molecule has 0 saturated heterocycles. The molecule has 0 aromatic rings. The number of carbonyl (C=O) groups excluding carboxylic acids is 1. The maximum absolute atomic E-state index is 11.9. The number of carbonyl (C=O) groups is 1. The molecule has 0 spiro atoms. The third-order valence-corrected chi connectivity index (χ3v) is 3.81. The molecule has 0 atom stereocenters. The summed E-state index contributed by atoms with van der Waals surface area (Å²) < 4.78 is 5.46. The van der Waals surface area contributed by atoms with E-state index in [1.165, 1.54) is 12.8 Å². The summed E-state index contributed by atoms with van der Waals surface area (Å²) in [5.41, 5.74) is 0.120. The molecule has 142 valence electrons. The summed E-state index contributed by atoms with van der Waals surface area (Å²) in [5.74, 6) is 0.645. The van der Waals surface area contributed by atoms with E-state index in [2.05, 4.69) is 20.9 Å². The highest BCUT2D eigenvalue weighted by molar-refractivity contribution is 14.0. The molecule has 0 heterocycles. The van der Waals surface area contributed by atoms with E-state index in [0.29, 0.717) is 11.4 Å². The second kappa shape index (κ2) is 11.1. The number of halogens is 1. The van der Waals surface area contributed by atoms with Crippen molar-refractivity contribution in [3.8, 4) is 0 Å². The Balaban J connectivity index is 0.00000529. The Morgan fingerprint density at radius 2 is 1.88 bits per heavy atom. The van der Waals surface area contributed by atoms with Crippen LogP contribution in [0.1, 0.15) is 53.9 Å². The van der Waals surface area contributed by atoms with Crippen molar-refractivity contribution < 1.29 is 9.53 Å². The molecule has 6 nitrogen and oxygen atoms in total. The molecule has 7 heteroatoms. The van der Waals surface area contributed by atoms with Gasteiger partial charge in [-0.15, -0.1) is 24.0 Å². The minimum absolute atomic E-state index is 0. The first-order valence-electron chi connectivity index (χ1n) is 8.71. The van der Waals surface area contributed by atoms with Crippen LogP contribution in [0, 0.1) is 5.41 Å². The average Bonchev–Trinajstić information content (AvgIpc) is 3.21. The van der Waals surface area contributed by atoms with Gasteiger partial charge in [-0.05, 0) is 59.3 Å². The predicted octanol–water partition coefficient (Wildman–Crippen LogP) is 2.28. The Bertz CT molecular complexity index is 404. The summed E-state index contributed by atoms with van der Waals surface area (Å²) in [7, 11) is 0. The fourth-order valence-electron chi connectivity index (χ4n) is 2.35. The van der Waals surface area contributed by atoms with Crippen LogP contribution in [-0.2, 0) is 9.53 Å². The lowest BCUT2D eigenvalue weighted by Crippen LogP contribution is -2.44. The van der Waals surface area contributed by atoms with Gasteiger partial charge in [0, 0.05) is 31.8 Å².